The maximum absolute atomic E-state index is 13.9. The van der Waals surface area contributed by atoms with Gasteiger partial charge in [-0.05, 0) is 24.3 Å². The summed E-state index contributed by atoms with van der Waals surface area (Å²) in [4.78, 5) is 9.38. The molecule has 25 heavy (non-hydrogen) atoms. The van der Waals surface area contributed by atoms with Crippen molar-refractivity contribution in [2.75, 3.05) is 44.7 Å². The lowest BCUT2D eigenvalue weighted by Gasteiger charge is -2.36. The highest BCUT2D eigenvalue weighted by Gasteiger charge is 2.21. The molecule has 2 aromatic carbocycles. The molecular formula is C19H21ClFN3O. The summed E-state index contributed by atoms with van der Waals surface area (Å²) in [6, 6.07) is 14.5. The second kappa shape index (κ2) is 8.32. The summed E-state index contributed by atoms with van der Waals surface area (Å²) < 4.78 is 13.9. The van der Waals surface area contributed by atoms with Crippen molar-refractivity contribution in [3.8, 4) is 0 Å². The van der Waals surface area contributed by atoms with Crippen molar-refractivity contribution >= 4 is 23.0 Å². The molecular weight excluding hydrogens is 341 g/mol. The van der Waals surface area contributed by atoms with Gasteiger partial charge >= 0.3 is 0 Å². The Labute approximate surface area is 152 Å². The molecule has 6 heteroatoms. The van der Waals surface area contributed by atoms with Gasteiger partial charge < -0.3 is 9.74 Å². The van der Waals surface area contributed by atoms with E-state index in [4.69, 9.17) is 16.4 Å². The van der Waals surface area contributed by atoms with Crippen LogP contribution in [0, 0.1) is 5.82 Å². The van der Waals surface area contributed by atoms with Gasteiger partial charge in [0.15, 0.2) is 0 Å². The van der Waals surface area contributed by atoms with E-state index in [1.54, 1.807) is 13.2 Å². The van der Waals surface area contributed by atoms with Crippen LogP contribution >= 0.6 is 11.6 Å². The van der Waals surface area contributed by atoms with E-state index in [2.05, 4.69) is 15.0 Å². The first kappa shape index (κ1) is 17.7. The Morgan fingerprint density at radius 2 is 1.76 bits per heavy atom. The quantitative estimate of drug-likeness (QED) is 0.601. The number of nitrogens with zero attached hydrogens (tertiary/aromatic N) is 3. The van der Waals surface area contributed by atoms with Gasteiger partial charge in [0.25, 0.3) is 0 Å². The number of hydrogen-bond acceptors (Lipinski definition) is 4. The molecule has 1 saturated heterocycles. The molecule has 2 aromatic rings. The number of anilines is 1. The minimum atomic E-state index is -0.168. The van der Waals surface area contributed by atoms with Crippen LogP contribution in [0.3, 0.4) is 0 Å². The van der Waals surface area contributed by atoms with E-state index in [1.807, 2.05) is 36.4 Å². The number of rotatable bonds is 5. The van der Waals surface area contributed by atoms with Crippen molar-refractivity contribution in [2.24, 2.45) is 5.16 Å². The van der Waals surface area contributed by atoms with Crippen LogP contribution in [0.15, 0.2) is 53.7 Å². The molecule has 4 nitrogen and oxygen atoms in total. The molecule has 1 aliphatic heterocycles. The maximum atomic E-state index is 13.9. The molecule has 1 fully saturated rings. The molecule has 0 aromatic heterocycles. The Hall–Kier alpha value is -2.11. The zero-order valence-electron chi connectivity index (χ0n) is 14.2. The van der Waals surface area contributed by atoms with Crippen molar-refractivity contribution in [1.29, 1.82) is 0 Å². The Bertz CT molecular complexity index is 728. The van der Waals surface area contributed by atoms with Crippen LogP contribution in [0.1, 0.15) is 5.56 Å². The summed E-state index contributed by atoms with van der Waals surface area (Å²) in [6.07, 6.45) is 0. The molecule has 1 aliphatic rings. The number of hydrogen-bond donors (Lipinski definition) is 0. The van der Waals surface area contributed by atoms with Gasteiger partial charge in [0.05, 0.1) is 5.69 Å². The van der Waals surface area contributed by atoms with Gasteiger partial charge in [0, 0.05) is 43.3 Å². The molecule has 0 saturated carbocycles. The number of para-hydroxylation sites is 1. The number of oxime groups is 1. The number of piperazine rings is 1. The van der Waals surface area contributed by atoms with Crippen LogP contribution in [-0.2, 0) is 4.84 Å². The summed E-state index contributed by atoms with van der Waals surface area (Å²) in [7, 11) is 1.55. The summed E-state index contributed by atoms with van der Waals surface area (Å²) in [6.45, 7) is 3.92. The largest absolute Gasteiger partial charge is 0.399 e. The highest BCUT2D eigenvalue weighted by molar-refractivity contribution is 6.30. The zero-order valence-corrected chi connectivity index (χ0v) is 14.9. The molecule has 0 unspecified atom stereocenters. The molecule has 1 heterocycles. The average Bonchev–Trinajstić information content (AvgIpc) is 2.63. The first-order valence-corrected chi connectivity index (χ1v) is 8.63. The van der Waals surface area contributed by atoms with Crippen molar-refractivity contribution in [1.82, 2.24) is 4.90 Å². The smallest absolute Gasteiger partial charge is 0.146 e. The average molecular weight is 362 g/mol. The second-order valence-corrected chi connectivity index (χ2v) is 6.38. The van der Waals surface area contributed by atoms with Crippen LogP contribution in [0.5, 0.6) is 0 Å². The Balaban J connectivity index is 1.63. The van der Waals surface area contributed by atoms with E-state index in [0.29, 0.717) is 17.3 Å². The second-order valence-electron chi connectivity index (χ2n) is 5.94. The zero-order chi connectivity index (χ0) is 17.6. The Morgan fingerprint density at radius 1 is 1.08 bits per heavy atom. The van der Waals surface area contributed by atoms with E-state index in [-0.39, 0.29) is 5.82 Å². The topological polar surface area (TPSA) is 28.1 Å². The summed E-state index contributed by atoms with van der Waals surface area (Å²) in [5.74, 6) is -0.168. The minimum absolute atomic E-state index is 0.168. The summed E-state index contributed by atoms with van der Waals surface area (Å²) in [5.41, 5.74) is 2.52. The lowest BCUT2D eigenvalue weighted by molar-refractivity contribution is 0.209. The molecule has 0 N–H and O–H groups in total. The molecule has 0 spiro atoms. The third-order valence-corrected chi connectivity index (χ3v) is 4.57. The fourth-order valence-electron chi connectivity index (χ4n) is 2.99. The molecule has 0 radical (unpaired) electrons. The van der Waals surface area contributed by atoms with Crippen LogP contribution in [-0.4, -0.2) is 50.4 Å². The van der Waals surface area contributed by atoms with Crippen LogP contribution in [0.2, 0.25) is 5.02 Å². The van der Waals surface area contributed by atoms with E-state index in [1.165, 1.54) is 6.07 Å². The lowest BCUT2D eigenvalue weighted by Crippen LogP contribution is -2.48. The molecule has 0 aliphatic carbocycles. The molecule has 132 valence electrons. The Kier molecular flexibility index (Phi) is 5.89. The van der Waals surface area contributed by atoms with Gasteiger partial charge in [0.2, 0.25) is 0 Å². The van der Waals surface area contributed by atoms with Gasteiger partial charge in [-0.1, -0.05) is 41.0 Å². The molecule has 0 atom stereocenters. The number of benzene rings is 2. The third-order valence-electron chi connectivity index (χ3n) is 4.32. The minimum Gasteiger partial charge on any atom is -0.399 e. The molecule has 0 amide bonds. The summed E-state index contributed by atoms with van der Waals surface area (Å²) in [5, 5.41) is 4.86. The van der Waals surface area contributed by atoms with E-state index in [9.17, 15) is 4.39 Å². The van der Waals surface area contributed by atoms with Crippen LogP contribution in [0.25, 0.3) is 0 Å². The predicted molar refractivity (Wildman–Crippen MR) is 100 cm³/mol. The van der Waals surface area contributed by atoms with E-state index in [0.717, 1.165) is 37.5 Å². The van der Waals surface area contributed by atoms with Crippen molar-refractivity contribution in [3.63, 3.8) is 0 Å². The molecule has 0 bridgehead atoms. The monoisotopic (exact) mass is 361 g/mol. The highest BCUT2D eigenvalue weighted by atomic mass is 35.5. The van der Waals surface area contributed by atoms with Crippen molar-refractivity contribution in [3.05, 3.63) is 64.9 Å². The maximum Gasteiger partial charge on any atom is 0.146 e. The third kappa shape index (κ3) is 4.50. The highest BCUT2D eigenvalue weighted by Crippen LogP contribution is 2.20. The van der Waals surface area contributed by atoms with Crippen molar-refractivity contribution < 1.29 is 9.23 Å². The van der Waals surface area contributed by atoms with Gasteiger partial charge in [-0.2, -0.15) is 0 Å². The summed E-state index contributed by atoms with van der Waals surface area (Å²) >= 11 is 5.95. The van der Waals surface area contributed by atoms with E-state index >= 15 is 0 Å². The first-order chi connectivity index (χ1) is 12.2. The van der Waals surface area contributed by atoms with Gasteiger partial charge in [0.1, 0.15) is 18.6 Å². The molecule has 3 rings (SSSR count). The Morgan fingerprint density at radius 3 is 2.40 bits per heavy atom. The van der Waals surface area contributed by atoms with Crippen LogP contribution in [0.4, 0.5) is 10.1 Å². The van der Waals surface area contributed by atoms with Gasteiger partial charge in [-0.15, -0.1) is 0 Å². The predicted octanol–water partition coefficient (Wildman–Crippen LogP) is 3.65. The van der Waals surface area contributed by atoms with Crippen molar-refractivity contribution in [2.45, 2.75) is 0 Å². The van der Waals surface area contributed by atoms with Gasteiger partial charge in [-0.3, -0.25) is 4.90 Å². The first-order valence-electron chi connectivity index (χ1n) is 8.25. The lowest BCUT2D eigenvalue weighted by atomic mass is 10.1. The van der Waals surface area contributed by atoms with Crippen LogP contribution < -0.4 is 4.90 Å². The van der Waals surface area contributed by atoms with Gasteiger partial charge in [-0.25, -0.2) is 4.39 Å². The standard InChI is InChI=1S/C19H21ClFN3O/c1-25-22-18(15-6-8-16(20)9-7-15)14-23-10-12-24(13-11-23)19-5-3-2-4-17(19)21/h2-9H,10-14H2,1H3/b22-18+. The SMILES string of the molecule is CO/N=C(\CN1CCN(c2ccccc2F)CC1)c1ccc(Cl)cc1. The fourth-order valence-corrected chi connectivity index (χ4v) is 3.12. The van der Waals surface area contributed by atoms with E-state index < -0.39 is 0 Å². The number of halogens is 2. The normalized spacial score (nSPS) is 16.1. The fraction of sp³-hybridized carbons (Fsp3) is 0.316.